The number of ether oxygens (including phenoxy) is 1. The van der Waals surface area contributed by atoms with Gasteiger partial charge in [0, 0.05) is 6.54 Å². The Morgan fingerprint density at radius 1 is 1.38 bits per heavy atom. The Kier molecular flexibility index (Phi) is 5.26. The van der Waals surface area contributed by atoms with Gasteiger partial charge in [-0.25, -0.2) is 0 Å². The average Bonchev–Trinajstić information content (AvgIpc) is 2.73. The molecule has 16 heavy (non-hydrogen) atoms. The molecule has 3 heteroatoms. The fraction of sp³-hybridized carbons (Fsp3) is 0.923. The molecule has 1 aliphatic rings. The van der Waals surface area contributed by atoms with Crippen LogP contribution in [-0.4, -0.2) is 26.2 Å². The minimum atomic E-state index is -0.230. The zero-order valence-corrected chi connectivity index (χ0v) is 10.8. The maximum Gasteiger partial charge on any atom is 0.313 e. The summed E-state index contributed by atoms with van der Waals surface area (Å²) < 4.78 is 4.94. The number of rotatable bonds is 6. The third-order valence-electron chi connectivity index (χ3n) is 3.54. The lowest BCUT2D eigenvalue weighted by Crippen LogP contribution is -2.40. The molecular weight excluding hydrogens is 202 g/mol. The van der Waals surface area contributed by atoms with E-state index >= 15 is 0 Å². The summed E-state index contributed by atoms with van der Waals surface area (Å²) in [5.74, 6) is 0.687. The summed E-state index contributed by atoms with van der Waals surface area (Å²) >= 11 is 0. The van der Waals surface area contributed by atoms with Crippen LogP contribution in [0.4, 0.5) is 0 Å². The molecule has 0 aliphatic heterocycles. The summed E-state index contributed by atoms with van der Waals surface area (Å²) in [5, 5.41) is 3.41. The Morgan fingerprint density at radius 3 is 2.50 bits per heavy atom. The molecule has 0 spiro atoms. The molecule has 0 amide bonds. The van der Waals surface area contributed by atoms with E-state index in [4.69, 9.17) is 4.74 Å². The molecule has 0 heterocycles. The average molecular weight is 227 g/mol. The summed E-state index contributed by atoms with van der Waals surface area (Å²) in [5.41, 5.74) is -0.230. The quantitative estimate of drug-likeness (QED) is 0.559. The highest BCUT2D eigenvalue weighted by molar-refractivity contribution is 5.77. The van der Waals surface area contributed by atoms with E-state index in [2.05, 4.69) is 19.2 Å². The third-order valence-corrected chi connectivity index (χ3v) is 3.54. The summed E-state index contributed by atoms with van der Waals surface area (Å²) in [6.07, 6.45) is 5.43. The Morgan fingerprint density at radius 2 is 2.00 bits per heavy atom. The predicted octanol–water partition coefficient (Wildman–Crippen LogP) is 2.36. The van der Waals surface area contributed by atoms with Crippen LogP contribution in [-0.2, 0) is 9.53 Å². The molecule has 0 bridgehead atoms. The van der Waals surface area contributed by atoms with Gasteiger partial charge >= 0.3 is 5.97 Å². The molecule has 0 atom stereocenters. The molecule has 3 nitrogen and oxygen atoms in total. The molecule has 0 aromatic heterocycles. The van der Waals surface area contributed by atoms with Crippen molar-refractivity contribution in [1.29, 1.82) is 0 Å². The number of nitrogens with one attached hydrogen (secondary N) is 1. The van der Waals surface area contributed by atoms with Gasteiger partial charge in [-0.1, -0.05) is 26.7 Å². The lowest BCUT2D eigenvalue weighted by molar-refractivity contribution is -0.152. The van der Waals surface area contributed by atoms with Crippen molar-refractivity contribution in [3.05, 3.63) is 0 Å². The van der Waals surface area contributed by atoms with Crippen molar-refractivity contribution in [2.45, 2.75) is 46.0 Å². The molecule has 0 aromatic rings. The molecule has 94 valence electrons. The van der Waals surface area contributed by atoms with Gasteiger partial charge in [-0.05, 0) is 31.7 Å². The second kappa shape index (κ2) is 6.24. The van der Waals surface area contributed by atoms with Crippen LogP contribution in [0.5, 0.6) is 0 Å². The lowest BCUT2D eigenvalue weighted by atomic mass is 9.86. The van der Waals surface area contributed by atoms with Crippen molar-refractivity contribution >= 4 is 5.97 Å². The first-order valence-electron chi connectivity index (χ1n) is 6.40. The third kappa shape index (κ3) is 3.48. The Bertz CT molecular complexity index is 220. The van der Waals surface area contributed by atoms with Crippen LogP contribution in [0.1, 0.15) is 46.0 Å². The first-order valence-corrected chi connectivity index (χ1v) is 6.40. The largest absolute Gasteiger partial charge is 0.469 e. The molecule has 0 unspecified atom stereocenters. The molecule has 0 aromatic carbocycles. The minimum Gasteiger partial charge on any atom is -0.469 e. The molecule has 1 rings (SSSR count). The number of esters is 1. The Labute approximate surface area is 98.9 Å². The van der Waals surface area contributed by atoms with E-state index in [1.54, 1.807) is 0 Å². The highest BCUT2D eigenvalue weighted by Crippen LogP contribution is 2.38. The van der Waals surface area contributed by atoms with E-state index in [0.29, 0.717) is 5.92 Å². The molecule has 0 saturated heterocycles. The van der Waals surface area contributed by atoms with Crippen molar-refractivity contribution in [3.8, 4) is 0 Å². The normalized spacial score (nSPS) is 19.0. The standard InChI is InChI=1S/C13H25NO2/c1-11(2)6-9-14-10-13(12(15)16-3)7-4-5-8-13/h11,14H,4-10H2,1-3H3. The highest BCUT2D eigenvalue weighted by atomic mass is 16.5. The van der Waals surface area contributed by atoms with Crippen molar-refractivity contribution in [2.75, 3.05) is 20.2 Å². The van der Waals surface area contributed by atoms with Crippen LogP contribution in [0.25, 0.3) is 0 Å². The van der Waals surface area contributed by atoms with Crippen LogP contribution in [0, 0.1) is 11.3 Å². The van der Waals surface area contributed by atoms with Crippen LogP contribution in [0.15, 0.2) is 0 Å². The smallest absolute Gasteiger partial charge is 0.313 e. The Hall–Kier alpha value is -0.570. The van der Waals surface area contributed by atoms with E-state index < -0.39 is 0 Å². The van der Waals surface area contributed by atoms with Gasteiger partial charge in [-0.3, -0.25) is 4.79 Å². The summed E-state index contributed by atoms with van der Waals surface area (Å²) in [6, 6.07) is 0. The number of carbonyl (C=O) groups excluding carboxylic acids is 1. The summed E-state index contributed by atoms with van der Waals surface area (Å²) in [6.45, 7) is 6.21. The molecular formula is C13H25NO2. The first kappa shape index (κ1) is 13.5. The van der Waals surface area contributed by atoms with Crippen LogP contribution >= 0.6 is 0 Å². The maximum absolute atomic E-state index is 11.8. The lowest BCUT2D eigenvalue weighted by Gasteiger charge is -2.26. The van der Waals surface area contributed by atoms with Gasteiger partial charge in [0.1, 0.15) is 0 Å². The fourth-order valence-corrected chi connectivity index (χ4v) is 2.44. The minimum absolute atomic E-state index is 0.0259. The zero-order chi connectivity index (χ0) is 12.0. The zero-order valence-electron chi connectivity index (χ0n) is 10.8. The van der Waals surface area contributed by atoms with Crippen molar-refractivity contribution in [2.24, 2.45) is 11.3 Å². The molecule has 1 aliphatic carbocycles. The second-order valence-electron chi connectivity index (χ2n) is 5.34. The number of hydrogen-bond acceptors (Lipinski definition) is 3. The molecule has 1 saturated carbocycles. The predicted molar refractivity (Wildman–Crippen MR) is 65.2 cm³/mol. The number of methoxy groups -OCH3 is 1. The van der Waals surface area contributed by atoms with E-state index in [-0.39, 0.29) is 11.4 Å². The summed E-state index contributed by atoms with van der Waals surface area (Å²) in [7, 11) is 1.50. The number of hydrogen-bond donors (Lipinski definition) is 1. The Balaban J connectivity index is 2.37. The van der Waals surface area contributed by atoms with Gasteiger partial charge in [-0.15, -0.1) is 0 Å². The molecule has 1 N–H and O–H groups in total. The highest BCUT2D eigenvalue weighted by Gasteiger charge is 2.41. The van der Waals surface area contributed by atoms with Gasteiger partial charge < -0.3 is 10.1 Å². The van der Waals surface area contributed by atoms with Gasteiger partial charge in [0.15, 0.2) is 0 Å². The van der Waals surface area contributed by atoms with Gasteiger partial charge in [0.05, 0.1) is 12.5 Å². The maximum atomic E-state index is 11.8. The van der Waals surface area contributed by atoms with E-state index in [1.807, 2.05) is 0 Å². The van der Waals surface area contributed by atoms with Gasteiger partial charge in [-0.2, -0.15) is 0 Å². The second-order valence-corrected chi connectivity index (χ2v) is 5.34. The van der Waals surface area contributed by atoms with Crippen LogP contribution in [0.3, 0.4) is 0 Å². The van der Waals surface area contributed by atoms with Crippen molar-refractivity contribution in [3.63, 3.8) is 0 Å². The van der Waals surface area contributed by atoms with E-state index in [1.165, 1.54) is 7.11 Å². The van der Waals surface area contributed by atoms with Crippen molar-refractivity contribution in [1.82, 2.24) is 5.32 Å². The molecule has 0 radical (unpaired) electrons. The van der Waals surface area contributed by atoms with E-state index in [9.17, 15) is 4.79 Å². The van der Waals surface area contributed by atoms with Crippen LogP contribution in [0.2, 0.25) is 0 Å². The van der Waals surface area contributed by atoms with Crippen LogP contribution < -0.4 is 5.32 Å². The monoisotopic (exact) mass is 227 g/mol. The van der Waals surface area contributed by atoms with Gasteiger partial charge in [0.25, 0.3) is 0 Å². The van der Waals surface area contributed by atoms with Gasteiger partial charge in [0.2, 0.25) is 0 Å². The number of carbonyl (C=O) groups is 1. The fourth-order valence-electron chi connectivity index (χ4n) is 2.44. The van der Waals surface area contributed by atoms with Crippen molar-refractivity contribution < 1.29 is 9.53 Å². The topological polar surface area (TPSA) is 38.3 Å². The molecule has 1 fully saturated rings. The van der Waals surface area contributed by atoms with E-state index in [0.717, 1.165) is 45.2 Å². The first-order chi connectivity index (χ1) is 7.60. The summed E-state index contributed by atoms with van der Waals surface area (Å²) in [4.78, 5) is 11.8. The SMILES string of the molecule is COC(=O)C1(CNCCC(C)C)CCCC1.